The lowest BCUT2D eigenvalue weighted by molar-refractivity contribution is -0.133. The zero-order valence-electron chi connectivity index (χ0n) is 11.7. The Labute approximate surface area is 121 Å². The second kappa shape index (κ2) is 5.16. The summed E-state index contributed by atoms with van der Waals surface area (Å²) in [6.07, 6.45) is 2.06. The first-order chi connectivity index (χ1) is 10.1. The van der Waals surface area contributed by atoms with E-state index in [-0.39, 0.29) is 11.5 Å². The van der Waals surface area contributed by atoms with E-state index >= 15 is 0 Å². The van der Waals surface area contributed by atoms with Crippen molar-refractivity contribution in [3.63, 3.8) is 0 Å². The van der Waals surface area contributed by atoms with Crippen LogP contribution in [0.15, 0.2) is 18.2 Å². The number of aromatic nitrogens is 3. The highest BCUT2D eigenvalue weighted by Gasteiger charge is 2.27. The van der Waals surface area contributed by atoms with Gasteiger partial charge in [0.25, 0.3) is 0 Å². The van der Waals surface area contributed by atoms with Gasteiger partial charge >= 0.3 is 5.97 Å². The maximum atomic E-state index is 12.4. The molecule has 1 amide bonds. The first-order valence-electron chi connectivity index (χ1n) is 6.95. The molecule has 110 valence electrons. The molecule has 1 aromatic heterocycles. The number of amides is 1. The number of hydrogen-bond donors (Lipinski definition) is 1. The van der Waals surface area contributed by atoms with Gasteiger partial charge in [0, 0.05) is 13.1 Å². The number of carbonyl (C=O) groups is 2. The third-order valence-corrected chi connectivity index (χ3v) is 3.88. The Morgan fingerprint density at radius 1 is 1.29 bits per heavy atom. The summed E-state index contributed by atoms with van der Waals surface area (Å²) in [5.41, 5.74) is 0.973. The van der Waals surface area contributed by atoms with E-state index in [9.17, 15) is 9.59 Å². The number of rotatable bonds is 3. The molecule has 0 radical (unpaired) electrons. The Kier molecular flexibility index (Phi) is 3.32. The van der Waals surface area contributed by atoms with Crippen molar-refractivity contribution in [3.8, 4) is 0 Å². The maximum Gasteiger partial charge on any atom is 0.338 e. The number of likely N-dealkylation sites (tertiary alicyclic amines) is 1. The number of carboxylic acids is 1. The fraction of sp³-hybridized carbons (Fsp3) is 0.429. The molecule has 1 aliphatic rings. The first kappa shape index (κ1) is 13.5. The average Bonchev–Trinajstić information content (AvgIpc) is 3.14. The van der Waals surface area contributed by atoms with Gasteiger partial charge in [-0.25, -0.2) is 9.48 Å². The van der Waals surface area contributed by atoms with Crippen LogP contribution in [-0.4, -0.2) is 50.0 Å². The van der Waals surface area contributed by atoms with Gasteiger partial charge in [0.1, 0.15) is 11.6 Å². The Morgan fingerprint density at radius 3 is 2.67 bits per heavy atom. The second-order valence-corrected chi connectivity index (χ2v) is 5.22. The highest BCUT2D eigenvalue weighted by Crippen LogP contribution is 2.21. The zero-order chi connectivity index (χ0) is 15.0. The van der Waals surface area contributed by atoms with E-state index in [0.29, 0.717) is 11.0 Å². The van der Waals surface area contributed by atoms with Gasteiger partial charge in [-0.3, -0.25) is 4.79 Å². The van der Waals surface area contributed by atoms with Crippen molar-refractivity contribution in [2.45, 2.75) is 25.8 Å². The Bertz CT molecular complexity index is 703. The van der Waals surface area contributed by atoms with E-state index in [1.165, 1.54) is 10.7 Å². The molecule has 0 spiro atoms. The van der Waals surface area contributed by atoms with Crippen LogP contribution in [0.5, 0.6) is 0 Å². The molecule has 0 saturated carbocycles. The molecule has 3 rings (SSSR count). The lowest BCUT2D eigenvalue weighted by Crippen LogP contribution is -2.34. The third kappa shape index (κ3) is 2.24. The number of nitrogens with zero attached hydrogens (tertiary/aromatic N) is 4. The SMILES string of the molecule is CC(C(=O)N1CCCC1)n1nnc2c(C(=O)O)cccc21. The fourth-order valence-corrected chi connectivity index (χ4v) is 2.73. The summed E-state index contributed by atoms with van der Waals surface area (Å²) in [6, 6.07) is 4.36. The maximum absolute atomic E-state index is 12.4. The third-order valence-electron chi connectivity index (χ3n) is 3.88. The number of benzene rings is 1. The van der Waals surface area contributed by atoms with Gasteiger partial charge in [-0.05, 0) is 31.9 Å². The lowest BCUT2D eigenvalue weighted by atomic mass is 10.2. The fourth-order valence-electron chi connectivity index (χ4n) is 2.73. The van der Waals surface area contributed by atoms with E-state index in [0.717, 1.165) is 25.9 Å². The number of carboxylic acid groups (broad SMARTS) is 1. The minimum absolute atomic E-state index is 0.0000260. The zero-order valence-corrected chi connectivity index (χ0v) is 11.7. The molecule has 1 unspecified atom stereocenters. The minimum atomic E-state index is -1.05. The molecule has 1 atom stereocenters. The molecular weight excluding hydrogens is 272 g/mol. The Morgan fingerprint density at radius 2 is 2.00 bits per heavy atom. The van der Waals surface area contributed by atoms with Gasteiger partial charge in [0.15, 0.2) is 0 Å². The van der Waals surface area contributed by atoms with Crippen LogP contribution >= 0.6 is 0 Å². The first-order valence-corrected chi connectivity index (χ1v) is 6.95. The van der Waals surface area contributed by atoms with Crippen molar-refractivity contribution in [3.05, 3.63) is 23.8 Å². The van der Waals surface area contributed by atoms with Crippen LogP contribution in [0, 0.1) is 0 Å². The summed E-state index contributed by atoms with van der Waals surface area (Å²) in [4.78, 5) is 25.4. The highest BCUT2D eigenvalue weighted by molar-refractivity contribution is 6.01. The van der Waals surface area contributed by atoms with Crippen molar-refractivity contribution in [1.82, 2.24) is 19.9 Å². The second-order valence-electron chi connectivity index (χ2n) is 5.22. The van der Waals surface area contributed by atoms with Crippen LogP contribution in [0.2, 0.25) is 0 Å². The van der Waals surface area contributed by atoms with Crippen molar-refractivity contribution < 1.29 is 14.7 Å². The normalized spacial score (nSPS) is 16.3. The highest BCUT2D eigenvalue weighted by atomic mass is 16.4. The molecule has 2 aromatic rings. The molecule has 1 fully saturated rings. The van der Waals surface area contributed by atoms with Crippen molar-refractivity contribution >= 4 is 22.9 Å². The topological polar surface area (TPSA) is 88.3 Å². The van der Waals surface area contributed by atoms with Crippen molar-refractivity contribution in [1.29, 1.82) is 0 Å². The summed E-state index contributed by atoms with van der Waals surface area (Å²) >= 11 is 0. The van der Waals surface area contributed by atoms with Gasteiger partial charge in [0.2, 0.25) is 5.91 Å². The van der Waals surface area contributed by atoms with Crippen molar-refractivity contribution in [2.75, 3.05) is 13.1 Å². The summed E-state index contributed by atoms with van der Waals surface area (Å²) in [7, 11) is 0. The van der Waals surface area contributed by atoms with E-state index in [1.807, 2.05) is 4.90 Å². The quantitative estimate of drug-likeness (QED) is 0.920. The standard InChI is InChI=1S/C14H16N4O3/c1-9(13(19)17-7-2-3-8-17)18-11-6-4-5-10(14(20)21)12(11)15-16-18/h4-6,9H,2-3,7-8H2,1H3,(H,20,21). The lowest BCUT2D eigenvalue weighted by Gasteiger charge is -2.20. The molecule has 21 heavy (non-hydrogen) atoms. The molecule has 0 aliphatic carbocycles. The van der Waals surface area contributed by atoms with E-state index < -0.39 is 12.0 Å². The van der Waals surface area contributed by atoms with E-state index in [2.05, 4.69) is 10.3 Å². The Balaban J connectivity index is 1.99. The number of fused-ring (bicyclic) bond motifs is 1. The van der Waals surface area contributed by atoms with E-state index in [4.69, 9.17) is 5.11 Å². The molecule has 1 aromatic carbocycles. The van der Waals surface area contributed by atoms with Crippen LogP contribution in [0.4, 0.5) is 0 Å². The number of carbonyl (C=O) groups excluding carboxylic acids is 1. The van der Waals surface area contributed by atoms with Gasteiger partial charge < -0.3 is 10.0 Å². The summed E-state index contributed by atoms with van der Waals surface area (Å²) < 4.78 is 1.50. The number of aromatic carboxylic acids is 1. The number of hydrogen-bond acceptors (Lipinski definition) is 4. The van der Waals surface area contributed by atoms with Crippen LogP contribution in [-0.2, 0) is 4.79 Å². The molecule has 7 heteroatoms. The summed E-state index contributed by atoms with van der Waals surface area (Å²) in [5.74, 6) is -1.05. The minimum Gasteiger partial charge on any atom is -0.478 e. The van der Waals surface area contributed by atoms with Gasteiger partial charge in [0.05, 0.1) is 11.1 Å². The molecule has 7 nitrogen and oxygen atoms in total. The van der Waals surface area contributed by atoms with Crippen LogP contribution < -0.4 is 0 Å². The smallest absolute Gasteiger partial charge is 0.338 e. The predicted octanol–water partition coefficient (Wildman–Crippen LogP) is 1.31. The molecular formula is C14H16N4O3. The average molecular weight is 288 g/mol. The van der Waals surface area contributed by atoms with Crippen LogP contribution in [0.1, 0.15) is 36.2 Å². The van der Waals surface area contributed by atoms with Crippen molar-refractivity contribution in [2.24, 2.45) is 0 Å². The van der Waals surface area contributed by atoms with Gasteiger partial charge in [-0.1, -0.05) is 11.3 Å². The van der Waals surface area contributed by atoms with Gasteiger partial charge in [-0.2, -0.15) is 0 Å². The molecule has 0 bridgehead atoms. The molecule has 2 heterocycles. The molecule has 1 N–H and O–H groups in total. The monoisotopic (exact) mass is 288 g/mol. The van der Waals surface area contributed by atoms with Gasteiger partial charge in [-0.15, -0.1) is 5.10 Å². The summed E-state index contributed by atoms with van der Waals surface area (Å²) in [5, 5.41) is 17.1. The molecule has 1 saturated heterocycles. The van der Waals surface area contributed by atoms with E-state index in [1.54, 1.807) is 19.1 Å². The Hall–Kier alpha value is -2.44. The largest absolute Gasteiger partial charge is 0.478 e. The van der Waals surface area contributed by atoms with Crippen LogP contribution in [0.25, 0.3) is 11.0 Å². The summed E-state index contributed by atoms with van der Waals surface area (Å²) in [6.45, 7) is 3.31. The molecule has 1 aliphatic heterocycles. The predicted molar refractivity (Wildman–Crippen MR) is 75.0 cm³/mol. The van der Waals surface area contributed by atoms with Crippen LogP contribution in [0.3, 0.4) is 0 Å².